The number of para-hydroxylation sites is 1. The second-order valence-corrected chi connectivity index (χ2v) is 11.2. The number of rotatable bonds is 16. The Bertz CT molecular complexity index is 1690. The highest BCUT2D eigenvalue weighted by molar-refractivity contribution is 6.07. The molecule has 4 amide bonds. The van der Waals surface area contributed by atoms with Crippen LogP contribution in [-0.4, -0.2) is 71.3 Å². The molecule has 0 heterocycles. The maximum absolute atomic E-state index is 13.8. The van der Waals surface area contributed by atoms with Gasteiger partial charge in [0, 0.05) is 24.2 Å². The van der Waals surface area contributed by atoms with Crippen molar-refractivity contribution in [3.8, 4) is 0 Å². The molecule has 0 saturated heterocycles. The summed E-state index contributed by atoms with van der Waals surface area (Å²) in [5, 5.41) is 32.8. The molecule has 0 saturated carbocycles. The van der Waals surface area contributed by atoms with Crippen molar-refractivity contribution in [3.63, 3.8) is 0 Å². The van der Waals surface area contributed by atoms with Crippen molar-refractivity contribution in [2.24, 2.45) is 23.1 Å². The van der Waals surface area contributed by atoms with Crippen LogP contribution in [0, 0.1) is 16.7 Å². The van der Waals surface area contributed by atoms with Gasteiger partial charge in [-0.25, -0.2) is 4.79 Å². The first kappa shape index (κ1) is 41.7. The van der Waals surface area contributed by atoms with E-state index in [9.17, 15) is 32.3 Å². The van der Waals surface area contributed by atoms with Gasteiger partial charge < -0.3 is 43.6 Å². The lowest BCUT2D eigenvalue weighted by molar-refractivity contribution is -0.192. The van der Waals surface area contributed by atoms with Gasteiger partial charge in [0.1, 0.15) is 23.8 Å². The number of benzene rings is 3. The first-order chi connectivity index (χ1) is 24.5. The zero-order valence-corrected chi connectivity index (χ0v) is 27.7. The maximum atomic E-state index is 13.8. The van der Waals surface area contributed by atoms with Crippen LogP contribution < -0.4 is 38.5 Å². The quantitative estimate of drug-likeness (QED) is 0.0441. The number of hydrogen-bond donors (Lipinski definition) is 10. The number of guanidine groups is 1. The average Bonchev–Trinajstić information content (AvgIpc) is 3.08. The standard InChI is InChI=1S/C32H39N9O4.C2HF3O2/c33-27(34)22-15-13-21(14-16-22)18-24(29(43)39-23-10-5-2-6-11-23)30(44)41-26(19-20-8-3-1-4-9-20)31(45)40-25(28(35)42)12-7-17-38-32(36)37;3-2(4,5)1(6)7/h1-6,8-11,13-16,24-26H,7,12,17-19H2,(H3,33,34)(H2,35,42)(H,39,43)(H,40,45)(H,41,44)(H4,36,37,38);(H,6,7)/t24?,25-,26?;/m0./s1. The Hall–Kier alpha value is -6.46. The summed E-state index contributed by atoms with van der Waals surface area (Å²) in [7, 11) is 0. The highest BCUT2D eigenvalue weighted by Gasteiger charge is 2.38. The number of carboxylic acid groups (broad SMARTS) is 1. The van der Waals surface area contributed by atoms with Crippen molar-refractivity contribution in [1.82, 2.24) is 16.0 Å². The number of carbonyl (C=O) groups is 5. The lowest BCUT2D eigenvalue weighted by Gasteiger charge is -2.24. The Kier molecular flexibility index (Phi) is 16.3. The normalized spacial score (nSPS) is 12.4. The molecule has 3 aromatic rings. The van der Waals surface area contributed by atoms with Crippen LogP contribution in [0.2, 0.25) is 0 Å². The Morgan fingerprint density at radius 3 is 1.73 bits per heavy atom. The second kappa shape index (κ2) is 20.3. The molecule has 0 spiro atoms. The highest BCUT2D eigenvalue weighted by atomic mass is 19.4. The average molecular weight is 728 g/mol. The molecule has 0 bridgehead atoms. The van der Waals surface area contributed by atoms with E-state index in [0.717, 1.165) is 5.56 Å². The van der Waals surface area contributed by atoms with Gasteiger partial charge in [-0.1, -0.05) is 72.8 Å². The molecule has 52 heavy (non-hydrogen) atoms. The smallest absolute Gasteiger partial charge is 0.475 e. The summed E-state index contributed by atoms with van der Waals surface area (Å²) in [5.41, 5.74) is 18.8. The molecule has 15 nitrogen and oxygen atoms in total. The van der Waals surface area contributed by atoms with Crippen LogP contribution in [0.15, 0.2) is 84.9 Å². The maximum Gasteiger partial charge on any atom is 0.490 e. The van der Waals surface area contributed by atoms with E-state index in [1.165, 1.54) is 0 Å². The van der Waals surface area contributed by atoms with Gasteiger partial charge in [0.15, 0.2) is 5.96 Å². The fourth-order valence-corrected chi connectivity index (χ4v) is 4.53. The number of nitrogens with two attached hydrogens (primary N) is 3. The fourth-order valence-electron chi connectivity index (χ4n) is 4.53. The molecular formula is C34H40F3N9O6. The van der Waals surface area contributed by atoms with E-state index in [4.69, 9.17) is 37.9 Å². The predicted molar refractivity (Wildman–Crippen MR) is 186 cm³/mol. The van der Waals surface area contributed by atoms with Crippen molar-refractivity contribution < 1.29 is 42.3 Å². The zero-order valence-electron chi connectivity index (χ0n) is 27.7. The number of alkyl halides is 3. The van der Waals surface area contributed by atoms with Crippen LogP contribution in [0.1, 0.15) is 29.5 Å². The Morgan fingerprint density at radius 1 is 0.712 bits per heavy atom. The Morgan fingerprint density at radius 2 is 1.23 bits per heavy atom. The molecule has 3 aromatic carbocycles. The molecule has 18 heteroatoms. The van der Waals surface area contributed by atoms with Gasteiger partial charge in [-0.2, -0.15) is 13.2 Å². The summed E-state index contributed by atoms with van der Waals surface area (Å²) in [6.07, 6.45) is -4.45. The third-order valence-corrected chi connectivity index (χ3v) is 7.18. The van der Waals surface area contributed by atoms with Crippen LogP contribution in [0.3, 0.4) is 0 Å². The van der Waals surface area contributed by atoms with E-state index in [-0.39, 0.29) is 31.1 Å². The number of halogens is 3. The van der Waals surface area contributed by atoms with Gasteiger partial charge in [0.25, 0.3) is 0 Å². The minimum atomic E-state index is -5.08. The summed E-state index contributed by atoms with van der Waals surface area (Å²) in [6.45, 7) is 0.296. The first-order valence-electron chi connectivity index (χ1n) is 15.6. The van der Waals surface area contributed by atoms with Crippen LogP contribution in [0.25, 0.3) is 0 Å². The minimum Gasteiger partial charge on any atom is -0.475 e. The summed E-state index contributed by atoms with van der Waals surface area (Å²) >= 11 is 0. The SMILES string of the molecule is N=C(N)NCCC[C@H](NC(=O)C(Cc1ccccc1)NC(=O)C(Cc1ccc(C(=N)N)cc1)C(=O)Nc1ccccc1)C(N)=O.O=C(O)C(F)(F)F. The van der Waals surface area contributed by atoms with Crippen LogP contribution in [-0.2, 0) is 36.8 Å². The van der Waals surface area contributed by atoms with E-state index in [0.29, 0.717) is 29.8 Å². The molecule has 3 rings (SSSR count). The predicted octanol–water partition coefficient (Wildman–Crippen LogP) is 1.36. The lowest BCUT2D eigenvalue weighted by Crippen LogP contribution is -2.55. The van der Waals surface area contributed by atoms with Crippen molar-refractivity contribution in [1.29, 1.82) is 10.8 Å². The number of nitrogen functional groups attached to an aromatic ring is 1. The van der Waals surface area contributed by atoms with E-state index in [1.54, 1.807) is 78.9 Å². The molecule has 3 atom stereocenters. The number of primary amides is 1. The number of anilines is 1. The number of amides is 4. The highest BCUT2D eigenvalue weighted by Crippen LogP contribution is 2.16. The van der Waals surface area contributed by atoms with Crippen LogP contribution >= 0.6 is 0 Å². The topological polar surface area (TPSA) is 279 Å². The molecule has 0 aliphatic rings. The molecular weight excluding hydrogens is 687 g/mol. The molecule has 0 aliphatic carbocycles. The van der Waals surface area contributed by atoms with Gasteiger partial charge in [0.05, 0.1) is 0 Å². The van der Waals surface area contributed by atoms with Gasteiger partial charge >= 0.3 is 12.1 Å². The summed E-state index contributed by atoms with van der Waals surface area (Å²) < 4.78 is 31.7. The van der Waals surface area contributed by atoms with Crippen molar-refractivity contribution in [2.45, 2.75) is 43.9 Å². The van der Waals surface area contributed by atoms with E-state index in [1.807, 2.05) is 6.07 Å². The monoisotopic (exact) mass is 727 g/mol. The second-order valence-electron chi connectivity index (χ2n) is 11.2. The Labute approximate surface area is 296 Å². The van der Waals surface area contributed by atoms with Gasteiger partial charge in [0.2, 0.25) is 23.6 Å². The van der Waals surface area contributed by atoms with Crippen LogP contribution in [0.5, 0.6) is 0 Å². The van der Waals surface area contributed by atoms with Gasteiger partial charge in [-0.15, -0.1) is 0 Å². The van der Waals surface area contributed by atoms with E-state index >= 15 is 0 Å². The first-order valence-corrected chi connectivity index (χ1v) is 15.6. The minimum absolute atomic E-state index is 0.00454. The Balaban J connectivity index is 0.00000121. The molecule has 0 fully saturated rings. The molecule has 0 aliphatic heterocycles. The number of amidine groups is 1. The van der Waals surface area contributed by atoms with E-state index < -0.39 is 53.8 Å². The number of carbonyl (C=O) groups excluding carboxylic acids is 4. The van der Waals surface area contributed by atoms with E-state index in [2.05, 4.69) is 21.3 Å². The van der Waals surface area contributed by atoms with Gasteiger partial charge in [-0.3, -0.25) is 30.0 Å². The summed E-state index contributed by atoms with van der Waals surface area (Å²) in [6, 6.07) is 22.1. The molecule has 0 radical (unpaired) electrons. The van der Waals surface area contributed by atoms with Crippen molar-refractivity contribution in [3.05, 3.63) is 102 Å². The third-order valence-electron chi connectivity index (χ3n) is 7.18. The third kappa shape index (κ3) is 15.0. The number of carboxylic acids is 1. The molecule has 2 unspecified atom stereocenters. The number of aliphatic carboxylic acids is 1. The zero-order chi connectivity index (χ0) is 38.8. The molecule has 0 aromatic heterocycles. The van der Waals surface area contributed by atoms with Crippen LogP contribution in [0.4, 0.5) is 18.9 Å². The summed E-state index contributed by atoms with van der Waals surface area (Å²) in [4.78, 5) is 61.9. The largest absolute Gasteiger partial charge is 0.490 e. The van der Waals surface area contributed by atoms with Gasteiger partial charge in [-0.05, 0) is 42.5 Å². The summed E-state index contributed by atoms with van der Waals surface area (Å²) in [5.74, 6) is -7.03. The lowest BCUT2D eigenvalue weighted by atomic mass is 9.95. The molecule has 13 N–H and O–H groups in total. The fraction of sp³-hybridized carbons (Fsp3) is 0.265. The molecule has 278 valence electrons. The number of hydrogen-bond acceptors (Lipinski definition) is 7. The van der Waals surface area contributed by atoms with Crippen molar-refractivity contribution >= 4 is 47.1 Å². The number of nitrogens with one attached hydrogen (secondary N) is 6. The van der Waals surface area contributed by atoms with Crippen molar-refractivity contribution in [2.75, 3.05) is 11.9 Å².